The molecule has 1 saturated carbocycles. The van der Waals surface area contributed by atoms with Gasteiger partial charge in [0.15, 0.2) is 5.78 Å². The molecule has 35 heavy (non-hydrogen) atoms. The SMILES string of the molecule is COc1ccc(C(=O)CN(C(=O)c2cccc([N+](=O)[O-])c2)N2C(=O)[C@@H]3[C@@H](C2=O)[C@H]2C=C[C@H]3C2)cc1. The second-order valence-electron chi connectivity index (χ2n) is 8.81. The first kappa shape index (κ1) is 22.5. The minimum absolute atomic E-state index is 0.0847. The fourth-order valence-electron chi connectivity index (χ4n) is 5.26. The fraction of sp³-hybridized carbons (Fsp3) is 0.280. The second-order valence-corrected chi connectivity index (χ2v) is 8.81. The van der Waals surface area contributed by atoms with E-state index in [1.54, 1.807) is 12.1 Å². The summed E-state index contributed by atoms with van der Waals surface area (Å²) < 4.78 is 5.10. The molecule has 2 bridgehead atoms. The molecule has 2 aromatic carbocycles. The first-order valence-corrected chi connectivity index (χ1v) is 11.1. The number of hydrogen-bond acceptors (Lipinski definition) is 7. The molecule has 1 heterocycles. The third-order valence-corrected chi connectivity index (χ3v) is 6.93. The highest BCUT2D eigenvalue weighted by Crippen LogP contribution is 2.52. The molecule has 2 fully saturated rings. The average Bonchev–Trinajstić information content (AvgIpc) is 3.56. The molecule has 178 valence electrons. The van der Waals surface area contributed by atoms with Gasteiger partial charge in [0.1, 0.15) is 12.3 Å². The van der Waals surface area contributed by atoms with E-state index >= 15 is 0 Å². The Bertz CT molecular complexity index is 1260. The van der Waals surface area contributed by atoms with Gasteiger partial charge in [-0.25, -0.2) is 5.01 Å². The summed E-state index contributed by atoms with van der Waals surface area (Å²) >= 11 is 0. The van der Waals surface area contributed by atoms with Crippen LogP contribution in [0.25, 0.3) is 0 Å². The van der Waals surface area contributed by atoms with Gasteiger partial charge in [-0.1, -0.05) is 18.2 Å². The lowest BCUT2D eigenvalue weighted by atomic mass is 9.85. The molecule has 1 saturated heterocycles. The number of hydrazine groups is 1. The van der Waals surface area contributed by atoms with E-state index in [4.69, 9.17) is 4.74 Å². The van der Waals surface area contributed by atoms with Gasteiger partial charge in [0.2, 0.25) is 0 Å². The van der Waals surface area contributed by atoms with E-state index in [0.717, 1.165) is 16.1 Å². The standard InChI is InChI=1S/C25H21N3O7/c1-35-19-9-7-14(8-10-19)20(29)13-26(23(30)17-3-2-4-18(12-17)28(33)34)27-24(31)21-15-5-6-16(11-15)22(21)25(27)32/h2-10,12,15-16,21-22H,11,13H2,1H3/t15-,16-,21-,22-/m0/s1. The molecule has 0 radical (unpaired) electrons. The Morgan fingerprint density at radius 2 is 1.66 bits per heavy atom. The van der Waals surface area contributed by atoms with Gasteiger partial charge >= 0.3 is 0 Å². The van der Waals surface area contributed by atoms with Crippen molar-refractivity contribution in [3.63, 3.8) is 0 Å². The predicted octanol–water partition coefficient (Wildman–Crippen LogP) is 2.65. The summed E-state index contributed by atoms with van der Waals surface area (Å²) in [5.41, 5.74) is -0.181. The first-order valence-electron chi connectivity index (χ1n) is 11.1. The number of carbonyl (C=O) groups is 4. The summed E-state index contributed by atoms with van der Waals surface area (Å²) in [4.78, 5) is 64.0. The van der Waals surface area contributed by atoms with Crippen LogP contribution in [0, 0.1) is 33.8 Å². The molecule has 2 aliphatic carbocycles. The highest BCUT2D eigenvalue weighted by atomic mass is 16.6. The summed E-state index contributed by atoms with van der Waals surface area (Å²) in [5.74, 6) is -3.20. The van der Waals surface area contributed by atoms with Gasteiger partial charge in [-0.3, -0.25) is 29.3 Å². The van der Waals surface area contributed by atoms with Crippen molar-refractivity contribution < 1.29 is 28.8 Å². The number of amides is 3. The number of ether oxygens (including phenoxy) is 1. The van der Waals surface area contributed by atoms with E-state index in [1.807, 2.05) is 12.2 Å². The van der Waals surface area contributed by atoms with Gasteiger partial charge in [-0.2, -0.15) is 5.01 Å². The number of carbonyl (C=O) groups excluding carboxylic acids is 4. The number of rotatable bonds is 7. The molecule has 5 rings (SSSR count). The molecule has 4 atom stereocenters. The Labute approximate surface area is 199 Å². The molecular weight excluding hydrogens is 454 g/mol. The van der Waals surface area contributed by atoms with E-state index in [0.29, 0.717) is 12.2 Å². The van der Waals surface area contributed by atoms with Crippen LogP contribution in [-0.2, 0) is 9.59 Å². The smallest absolute Gasteiger partial charge is 0.273 e. The van der Waals surface area contributed by atoms with E-state index in [-0.39, 0.29) is 28.7 Å². The van der Waals surface area contributed by atoms with Crippen LogP contribution < -0.4 is 4.74 Å². The summed E-state index contributed by atoms with van der Waals surface area (Å²) in [6.07, 6.45) is 4.57. The summed E-state index contributed by atoms with van der Waals surface area (Å²) in [5, 5.41) is 12.8. The number of fused-ring (bicyclic) bond motifs is 5. The lowest BCUT2D eigenvalue weighted by Crippen LogP contribution is -2.52. The van der Waals surface area contributed by atoms with Crippen LogP contribution in [0.15, 0.2) is 60.7 Å². The first-order chi connectivity index (χ1) is 16.8. The number of non-ortho nitro benzene ring substituents is 1. The molecule has 0 spiro atoms. The highest BCUT2D eigenvalue weighted by molar-refractivity contribution is 6.10. The maximum absolute atomic E-state index is 13.5. The maximum Gasteiger partial charge on any atom is 0.273 e. The number of benzene rings is 2. The van der Waals surface area contributed by atoms with Crippen LogP contribution in [0.1, 0.15) is 27.1 Å². The van der Waals surface area contributed by atoms with Crippen molar-refractivity contribution >= 4 is 29.2 Å². The van der Waals surface area contributed by atoms with Crippen molar-refractivity contribution in [1.29, 1.82) is 0 Å². The van der Waals surface area contributed by atoms with Gasteiger partial charge in [-0.15, -0.1) is 0 Å². The van der Waals surface area contributed by atoms with Crippen molar-refractivity contribution in [3.05, 3.63) is 81.9 Å². The molecule has 0 N–H and O–H groups in total. The minimum Gasteiger partial charge on any atom is -0.497 e. The van der Waals surface area contributed by atoms with Crippen LogP contribution in [0.3, 0.4) is 0 Å². The van der Waals surface area contributed by atoms with E-state index in [2.05, 4.69) is 0 Å². The molecule has 0 unspecified atom stereocenters. The summed E-state index contributed by atoms with van der Waals surface area (Å²) in [7, 11) is 1.49. The Kier molecular flexibility index (Phi) is 5.43. The molecular formula is C25H21N3O7. The number of ketones is 1. The van der Waals surface area contributed by atoms with Crippen molar-refractivity contribution in [3.8, 4) is 5.75 Å². The predicted molar refractivity (Wildman–Crippen MR) is 121 cm³/mol. The average molecular weight is 475 g/mol. The molecule has 1 aliphatic heterocycles. The number of methoxy groups -OCH3 is 1. The van der Waals surface area contributed by atoms with Gasteiger partial charge < -0.3 is 4.74 Å². The lowest BCUT2D eigenvalue weighted by molar-refractivity contribution is -0.384. The third kappa shape index (κ3) is 3.67. The third-order valence-electron chi connectivity index (χ3n) is 6.93. The van der Waals surface area contributed by atoms with Crippen LogP contribution >= 0.6 is 0 Å². The fourth-order valence-corrected chi connectivity index (χ4v) is 5.26. The number of allylic oxidation sites excluding steroid dienone is 2. The Morgan fingerprint density at radius 1 is 1.03 bits per heavy atom. The summed E-state index contributed by atoms with van der Waals surface area (Å²) in [6, 6.07) is 11.2. The van der Waals surface area contributed by atoms with E-state index in [9.17, 15) is 29.3 Å². The number of nitro benzene ring substituents is 1. The Morgan fingerprint density at radius 3 is 2.23 bits per heavy atom. The Hall–Kier alpha value is -4.34. The van der Waals surface area contributed by atoms with Crippen molar-refractivity contribution in [1.82, 2.24) is 10.0 Å². The molecule has 2 aromatic rings. The van der Waals surface area contributed by atoms with Gasteiger partial charge in [0.25, 0.3) is 23.4 Å². The summed E-state index contributed by atoms with van der Waals surface area (Å²) in [6.45, 7) is -0.590. The normalized spacial score (nSPS) is 24.0. The molecule has 3 amide bonds. The van der Waals surface area contributed by atoms with Crippen molar-refractivity contribution in [2.45, 2.75) is 6.42 Å². The van der Waals surface area contributed by atoms with Crippen LogP contribution in [0.4, 0.5) is 5.69 Å². The van der Waals surface area contributed by atoms with Crippen LogP contribution in [-0.4, -0.2) is 52.1 Å². The van der Waals surface area contributed by atoms with Gasteiger partial charge in [0, 0.05) is 23.3 Å². The monoisotopic (exact) mass is 475 g/mol. The highest BCUT2D eigenvalue weighted by Gasteiger charge is 2.61. The second kappa shape index (κ2) is 8.46. The minimum atomic E-state index is -0.849. The topological polar surface area (TPSA) is 127 Å². The Balaban J connectivity index is 1.50. The number of hydrogen-bond donors (Lipinski definition) is 0. The van der Waals surface area contributed by atoms with E-state index < -0.39 is 46.8 Å². The maximum atomic E-state index is 13.5. The molecule has 10 heteroatoms. The van der Waals surface area contributed by atoms with Crippen LogP contribution in [0.5, 0.6) is 5.75 Å². The van der Waals surface area contributed by atoms with E-state index in [1.165, 1.54) is 37.4 Å². The van der Waals surface area contributed by atoms with Crippen LogP contribution in [0.2, 0.25) is 0 Å². The largest absolute Gasteiger partial charge is 0.497 e. The lowest BCUT2D eigenvalue weighted by Gasteiger charge is -2.30. The quantitative estimate of drug-likeness (QED) is 0.198. The number of imide groups is 1. The number of nitrogens with zero attached hydrogens (tertiary/aromatic N) is 3. The number of nitro groups is 1. The zero-order chi connectivity index (χ0) is 24.9. The zero-order valence-corrected chi connectivity index (χ0v) is 18.7. The molecule has 3 aliphatic rings. The van der Waals surface area contributed by atoms with Gasteiger partial charge in [0.05, 0.1) is 23.9 Å². The zero-order valence-electron chi connectivity index (χ0n) is 18.7. The number of Topliss-reactive ketones (excluding diaryl/α,β-unsaturated/α-hetero) is 1. The van der Waals surface area contributed by atoms with Crippen molar-refractivity contribution in [2.75, 3.05) is 13.7 Å². The molecule has 0 aromatic heterocycles. The molecule has 10 nitrogen and oxygen atoms in total. The van der Waals surface area contributed by atoms with Crippen molar-refractivity contribution in [2.24, 2.45) is 23.7 Å². The van der Waals surface area contributed by atoms with Gasteiger partial charge in [-0.05, 0) is 48.6 Å².